The van der Waals surface area contributed by atoms with Crippen LogP contribution in [-0.2, 0) is 9.53 Å². The molecule has 1 rings (SSSR count). The largest absolute Gasteiger partial charge is 0.366 e. The van der Waals surface area contributed by atoms with Crippen molar-refractivity contribution in [3.05, 3.63) is 0 Å². The number of rotatable bonds is 2. The Bertz CT molecular complexity index is 196. The van der Waals surface area contributed by atoms with Gasteiger partial charge in [-0.1, -0.05) is 20.8 Å². The van der Waals surface area contributed by atoms with Gasteiger partial charge in [-0.2, -0.15) is 0 Å². The van der Waals surface area contributed by atoms with Crippen LogP contribution in [0.5, 0.6) is 0 Å². The molecule has 76 valence electrons. The molecule has 0 spiro atoms. The highest BCUT2D eigenvalue weighted by Gasteiger charge is 2.35. The Hall–Kier alpha value is -0.410. The monoisotopic (exact) mass is 185 g/mol. The molecule has 0 aliphatic carbocycles. The Morgan fingerprint density at radius 2 is 2.08 bits per heavy atom. The number of Topliss-reactive ketones (excluding diaryl/α,β-unsaturated/α-hetero) is 1. The van der Waals surface area contributed by atoms with Crippen LogP contribution in [0, 0.1) is 5.41 Å². The molecule has 0 aromatic rings. The molecule has 0 aromatic carbocycles. The quantitative estimate of drug-likeness (QED) is 0.701. The van der Waals surface area contributed by atoms with E-state index in [0.717, 1.165) is 12.8 Å². The highest BCUT2D eigenvalue weighted by Crippen LogP contribution is 2.26. The van der Waals surface area contributed by atoms with Crippen LogP contribution in [0.4, 0.5) is 0 Å². The van der Waals surface area contributed by atoms with E-state index in [2.05, 4.69) is 0 Å². The summed E-state index contributed by atoms with van der Waals surface area (Å²) < 4.78 is 5.52. The third kappa shape index (κ3) is 2.51. The molecule has 1 heterocycles. The summed E-state index contributed by atoms with van der Waals surface area (Å²) >= 11 is 0. The number of carbonyl (C=O) groups is 1. The normalized spacial score (nSPS) is 29.2. The van der Waals surface area contributed by atoms with Gasteiger partial charge in [-0.05, 0) is 12.8 Å². The average Bonchev–Trinajstić information content (AvgIpc) is 2.48. The lowest BCUT2D eigenvalue weighted by atomic mass is 9.87. The minimum absolute atomic E-state index is 0.0938. The molecule has 1 aliphatic heterocycles. The molecule has 2 unspecified atom stereocenters. The Labute approximate surface area is 79.6 Å². The van der Waals surface area contributed by atoms with Crippen molar-refractivity contribution in [3.8, 4) is 0 Å². The highest BCUT2D eigenvalue weighted by atomic mass is 16.5. The predicted octanol–water partition coefficient (Wildman–Crippen LogP) is 1.11. The summed E-state index contributed by atoms with van der Waals surface area (Å²) in [5.41, 5.74) is 5.17. The first kappa shape index (κ1) is 10.7. The fourth-order valence-electron chi connectivity index (χ4n) is 1.55. The van der Waals surface area contributed by atoms with Crippen molar-refractivity contribution in [2.45, 2.75) is 45.8 Å². The molecule has 0 bridgehead atoms. The van der Waals surface area contributed by atoms with Crippen molar-refractivity contribution in [1.82, 2.24) is 0 Å². The minimum atomic E-state index is -0.297. The van der Waals surface area contributed by atoms with Crippen LogP contribution in [0.25, 0.3) is 0 Å². The molecule has 1 saturated heterocycles. The van der Waals surface area contributed by atoms with Crippen molar-refractivity contribution < 1.29 is 9.53 Å². The lowest BCUT2D eigenvalue weighted by Crippen LogP contribution is -2.33. The van der Waals surface area contributed by atoms with E-state index in [4.69, 9.17) is 10.5 Å². The zero-order valence-electron chi connectivity index (χ0n) is 8.67. The van der Waals surface area contributed by atoms with Gasteiger partial charge in [0.05, 0.1) is 6.10 Å². The fraction of sp³-hybridized carbons (Fsp3) is 0.900. The molecular formula is C10H19NO2. The van der Waals surface area contributed by atoms with E-state index >= 15 is 0 Å². The summed E-state index contributed by atoms with van der Waals surface area (Å²) in [5, 5.41) is 0. The lowest BCUT2D eigenvalue weighted by Gasteiger charge is -2.21. The van der Waals surface area contributed by atoms with E-state index in [1.54, 1.807) is 0 Å². The van der Waals surface area contributed by atoms with E-state index in [0.29, 0.717) is 6.54 Å². The van der Waals surface area contributed by atoms with Gasteiger partial charge in [-0.25, -0.2) is 0 Å². The van der Waals surface area contributed by atoms with Gasteiger partial charge >= 0.3 is 0 Å². The van der Waals surface area contributed by atoms with E-state index in [-0.39, 0.29) is 23.4 Å². The van der Waals surface area contributed by atoms with Crippen LogP contribution in [0.2, 0.25) is 0 Å². The molecule has 3 nitrogen and oxygen atoms in total. The third-order valence-electron chi connectivity index (χ3n) is 2.40. The molecule has 0 amide bonds. The van der Waals surface area contributed by atoms with Crippen LogP contribution in [0.15, 0.2) is 0 Å². The van der Waals surface area contributed by atoms with Gasteiger partial charge in [0.1, 0.15) is 6.10 Å². The molecule has 1 fully saturated rings. The number of ether oxygens (including phenoxy) is 1. The predicted molar refractivity (Wildman–Crippen MR) is 51.4 cm³/mol. The lowest BCUT2D eigenvalue weighted by molar-refractivity contribution is -0.137. The van der Waals surface area contributed by atoms with Gasteiger partial charge in [-0.3, -0.25) is 4.79 Å². The molecular weight excluding hydrogens is 166 g/mol. The van der Waals surface area contributed by atoms with E-state index in [1.165, 1.54) is 0 Å². The number of hydrogen-bond acceptors (Lipinski definition) is 3. The third-order valence-corrected chi connectivity index (χ3v) is 2.40. The average molecular weight is 185 g/mol. The van der Waals surface area contributed by atoms with Crippen LogP contribution in [0.3, 0.4) is 0 Å². The Kier molecular flexibility index (Phi) is 3.09. The topological polar surface area (TPSA) is 52.3 Å². The summed E-state index contributed by atoms with van der Waals surface area (Å²) in [4.78, 5) is 11.8. The smallest absolute Gasteiger partial charge is 0.166 e. The van der Waals surface area contributed by atoms with Gasteiger partial charge < -0.3 is 10.5 Å². The number of ketones is 1. The van der Waals surface area contributed by atoms with Gasteiger partial charge in [0.25, 0.3) is 0 Å². The minimum Gasteiger partial charge on any atom is -0.366 e. The van der Waals surface area contributed by atoms with Crippen molar-refractivity contribution in [2.24, 2.45) is 11.1 Å². The summed E-state index contributed by atoms with van der Waals surface area (Å²) in [6.45, 7) is 6.30. The number of hydrogen-bond donors (Lipinski definition) is 1. The first-order valence-electron chi connectivity index (χ1n) is 4.85. The number of nitrogens with two attached hydrogens (primary N) is 1. The zero-order valence-corrected chi connectivity index (χ0v) is 8.67. The second kappa shape index (κ2) is 3.76. The van der Waals surface area contributed by atoms with E-state index in [1.807, 2.05) is 20.8 Å². The molecule has 0 aromatic heterocycles. The Morgan fingerprint density at radius 1 is 1.46 bits per heavy atom. The highest BCUT2D eigenvalue weighted by molar-refractivity contribution is 5.88. The Balaban J connectivity index is 2.52. The number of carbonyl (C=O) groups excluding carboxylic acids is 1. The fourth-order valence-corrected chi connectivity index (χ4v) is 1.55. The molecule has 0 radical (unpaired) electrons. The maximum absolute atomic E-state index is 11.8. The van der Waals surface area contributed by atoms with Gasteiger partial charge in [-0.15, -0.1) is 0 Å². The van der Waals surface area contributed by atoms with E-state index < -0.39 is 0 Å². The Morgan fingerprint density at radius 3 is 2.46 bits per heavy atom. The maximum atomic E-state index is 11.8. The van der Waals surface area contributed by atoms with Crippen LogP contribution in [-0.4, -0.2) is 24.5 Å². The first-order valence-corrected chi connectivity index (χ1v) is 4.85. The molecule has 0 saturated carbocycles. The standard InChI is InChI=1S/C10H19NO2/c1-10(2,3)9(12)8-5-4-7(6-11)13-8/h7-8H,4-6,11H2,1-3H3. The van der Waals surface area contributed by atoms with E-state index in [9.17, 15) is 4.79 Å². The summed E-state index contributed by atoms with van der Waals surface area (Å²) in [6, 6.07) is 0. The van der Waals surface area contributed by atoms with Gasteiger partial charge in [0.15, 0.2) is 5.78 Å². The summed E-state index contributed by atoms with van der Waals surface area (Å²) in [7, 11) is 0. The van der Waals surface area contributed by atoms with Gasteiger partial charge in [0, 0.05) is 12.0 Å². The molecule has 1 aliphatic rings. The molecule has 2 N–H and O–H groups in total. The van der Waals surface area contributed by atoms with Crippen LogP contribution < -0.4 is 5.73 Å². The first-order chi connectivity index (χ1) is 5.95. The van der Waals surface area contributed by atoms with Gasteiger partial charge in [0.2, 0.25) is 0 Å². The zero-order chi connectivity index (χ0) is 10.1. The summed E-state index contributed by atoms with van der Waals surface area (Å²) in [5.74, 6) is 0.198. The van der Waals surface area contributed by atoms with Crippen molar-refractivity contribution in [2.75, 3.05) is 6.54 Å². The van der Waals surface area contributed by atoms with Crippen molar-refractivity contribution in [3.63, 3.8) is 0 Å². The van der Waals surface area contributed by atoms with Crippen LogP contribution in [0.1, 0.15) is 33.6 Å². The van der Waals surface area contributed by atoms with Crippen molar-refractivity contribution in [1.29, 1.82) is 0 Å². The molecule has 13 heavy (non-hydrogen) atoms. The summed E-state index contributed by atoms with van der Waals surface area (Å²) in [6.07, 6.45) is 1.63. The molecule has 3 heteroatoms. The van der Waals surface area contributed by atoms with Crippen molar-refractivity contribution >= 4 is 5.78 Å². The SMILES string of the molecule is CC(C)(C)C(=O)C1CCC(CN)O1. The second-order valence-corrected chi connectivity index (χ2v) is 4.67. The molecule has 2 atom stereocenters. The van der Waals surface area contributed by atoms with Crippen LogP contribution >= 0.6 is 0 Å². The maximum Gasteiger partial charge on any atom is 0.166 e. The second-order valence-electron chi connectivity index (χ2n) is 4.67.